The normalized spacial score (nSPS) is 30.8. The van der Waals surface area contributed by atoms with Crippen molar-refractivity contribution in [1.29, 1.82) is 0 Å². The quantitative estimate of drug-likeness (QED) is 0.866. The van der Waals surface area contributed by atoms with Crippen molar-refractivity contribution in [1.82, 2.24) is 15.2 Å². The summed E-state index contributed by atoms with van der Waals surface area (Å²) in [6.45, 7) is 3.69. The van der Waals surface area contributed by atoms with Gasteiger partial charge in [-0.2, -0.15) is 0 Å². The minimum absolute atomic E-state index is 0.0671. The Labute approximate surface area is 122 Å². The van der Waals surface area contributed by atoms with E-state index in [9.17, 15) is 4.79 Å². The Morgan fingerprint density at radius 2 is 2.60 bits per heavy atom. The van der Waals surface area contributed by atoms with E-state index in [1.165, 1.54) is 0 Å². The van der Waals surface area contributed by atoms with Gasteiger partial charge in [0.2, 0.25) is 5.91 Å². The van der Waals surface area contributed by atoms with E-state index in [1.54, 1.807) is 18.4 Å². The summed E-state index contributed by atoms with van der Waals surface area (Å²) in [7, 11) is 1.63. The molecule has 110 valence electrons. The third-order valence-electron chi connectivity index (χ3n) is 3.81. The number of ether oxygens (including phenoxy) is 2. The lowest BCUT2D eigenvalue weighted by Crippen LogP contribution is -2.52. The van der Waals surface area contributed by atoms with E-state index in [4.69, 9.17) is 9.47 Å². The average Bonchev–Trinajstić information content (AvgIpc) is 3.09. The van der Waals surface area contributed by atoms with E-state index in [0.29, 0.717) is 19.6 Å². The molecule has 6 nitrogen and oxygen atoms in total. The van der Waals surface area contributed by atoms with Gasteiger partial charge in [-0.25, -0.2) is 4.98 Å². The second-order valence-corrected chi connectivity index (χ2v) is 6.27. The van der Waals surface area contributed by atoms with Crippen molar-refractivity contribution in [3.63, 3.8) is 0 Å². The predicted molar refractivity (Wildman–Crippen MR) is 74.5 cm³/mol. The van der Waals surface area contributed by atoms with Gasteiger partial charge in [-0.05, 0) is 0 Å². The molecule has 2 aliphatic heterocycles. The van der Waals surface area contributed by atoms with Crippen LogP contribution in [-0.2, 0) is 20.8 Å². The molecule has 1 aromatic heterocycles. The van der Waals surface area contributed by atoms with Crippen LogP contribution in [0, 0.1) is 0 Å². The van der Waals surface area contributed by atoms with E-state index in [0.717, 1.165) is 24.6 Å². The van der Waals surface area contributed by atoms with Crippen molar-refractivity contribution in [2.75, 3.05) is 33.4 Å². The van der Waals surface area contributed by atoms with Crippen LogP contribution < -0.4 is 5.32 Å². The zero-order chi connectivity index (χ0) is 14.0. The van der Waals surface area contributed by atoms with Crippen LogP contribution in [0.5, 0.6) is 0 Å². The highest BCUT2D eigenvalue weighted by molar-refractivity contribution is 7.09. The third kappa shape index (κ3) is 2.85. The molecule has 2 atom stereocenters. The number of amides is 1. The number of aromatic nitrogens is 1. The first kappa shape index (κ1) is 13.9. The number of thiazole rings is 1. The molecule has 2 unspecified atom stereocenters. The van der Waals surface area contributed by atoms with E-state index in [2.05, 4.69) is 15.2 Å². The fraction of sp³-hybridized carbons (Fsp3) is 0.692. The zero-order valence-electron chi connectivity index (χ0n) is 11.5. The predicted octanol–water partition coefficient (Wildman–Crippen LogP) is 0.249. The average molecular weight is 297 g/mol. The van der Waals surface area contributed by atoms with Gasteiger partial charge < -0.3 is 14.8 Å². The van der Waals surface area contributed by atoms with Crippen molar-refractivity contribution in [3.8, 4) is 0 Å². The summed E-state index contributed by atoms with van der Waals surface area (Å²) in [6, 6.07) is 0. The van der Waals surface area contributed by atoms with Crippen LogP contribution in [0.25, 0.3) is 0 Å². The number of nitrogens with one attached hydrogen (secondary N) is 1. The minimum atomic E-state index is -0.389. The van der Waals surface area contributed by atoms with Crippen LogP contribution in [0.4, 0.5) is 0 Å². The van der Waals surface area contributed by atoms with Crippen molar-refractivity contribution in [3.05, 3.63) is 16.6 Å². The lowest BCUT2D eigenvalue weighted by Gasteiger charge is -2.39. The summed E-state index contributed by atoms with van der Waals surface area (Å²) in [5.41, 5.74) is -0.341. The second-order valence-electron chi connectivity index (χ2n) is 5.29. The molecule has 20 heavy (non-hydrogen) atoms. The standard InChI is InChI=1S/C13H19N3O3S/c1-14-12(17)10-6-13(9-18-10)8-16(3-4-19-13)7-11-15-2-5-20-11/h2,5,10H,3-4,6-9H2,1H3,(H,14,17). The highest BCUT2D eigenvalue weighted by Crippen LogP contribution is 2.32. The van der Waals surface area contributed by atoms with Crippen LogP contribution in [0.2, 0.25) is 0 Å². The van der Waals surface area contributed by atoms with Crippen molar-refractivity contribution in [2.45, 2.75) is 24.7 Å². The first-order valence-electron chi connectivity index (χ1n) is 6.79. The first-order chi connectivity index (χ1) is 9.71. The summed E-state index contributed by atoms with van der Waals surface area (Å²) in [5, 5.41) is 5.74. The zero-order valence-corrected chi connectivity index (χ0v) is 12.3. The molecule has 3 heterocycles. The highest BCUT2D eigenvalue weighted by Gasteiger charge is 2.46. The smallest absolute Gasteiger partial charge is 0.248 e. The Morgan fingerprint density at radius 3 is 3.35 bits per heavy atom. The SMILES string of the molecule is CNC(=O)C1CC2(CO1)CN(Cc1nccs1)CCO2. The molecule has 0 bridgehead atoms. The van der Waals surface area contributed by atoms with E-state index < -0.39 is 0 Å². The van der Waals surface area contributed by atoms with Gasteiger partial charge in [-0.15, -0.1) is 11.3 Å². The van der Waals surface area contributed by atoms with E-state index >= 15 is 0 Å². The van der Waals surface area contributed by atoms with E-state index in [1.807, 2.05) is 11.6 Å². The van der Waals surface area contributed by atoms with Gasteiger partial charge >= 0.3 is 0 Å². The first-order valence-corrected chi connectivity index (χ1v) is 7.67. The molecule has 0 saturated carbocycles. The molecule has 1 aromatic rings. The van der Waals surface area contributed by atoms with E-state index in [-0.39, 0.29) is 17.6 Å². The number of likely N-dealkylation sites (N-methyl/N-ethyl adjacent to an activating group) is 1. The molecule has 0 aromatic carbocycles. The monoisotopic (exact) mass is 297 g/mol. The molecule has 3 rings (SSSR count). The molecular formula is C13H19N3O3S. The Hall–Kier alpha value is -1.02. The summed E-state index contributed by atoms with van der Waals surface area (Å²) in [4.78, 5) is 18.3. The highest BCUT2D eigenvalue weighted by atomic mass is 32.1. The van der Waals surface area contributed by atoms with Gasteiger partial charge in [0.05, 0.1) is 19.8 Å². The molecule has 0 aliphatic carbocycles. The molecule has 0 radical (unpaired) electrons. The number of morpholine rings is 1. The number of carbonyl (C=O) groups is 1. The molecular weight excluding hydrogens is 278 g/mol. The van der Waals surface area contributed by atoms with Crippen LogP contribution in [0.1, 0.15) is 11.4 Å². The Balaban J connectivity index is 1.62. The topological polar surface area (TPSA) is 63.7 Å². The second kappa shape index (κ2) is 5.77. The Kier molecular flexibility index (Phi) is 4.02. The fourth-order valence-corrected chi connectivity index (χ4v) is 3.49. The van der Waals surface area contributed by atoms with Crippen LogP contribution >= 0.6 is 11.3 Å². The maximum Gasteiger partial charge on any atom is 0.248 e. The molecule has 2 aliphatic rings. The summed E-state index contributed by atoms with van der Waals surface area (Å²) < 4.78 is 11.5. The molecule has 2 saturated heterocycles. The minimum Gasteiger partial charge on any atom is -0.370 e. The van der Waals surface area contributed by atoms with Gasteiger partial charge in [0, 0.05) is 38.1 Å². The van der Waals surface area contributed by atoms with Gasteiger partial charge in [0.1, 0.15) is 16.7 Å². The lowest BCUT2D eigenvalue weighted by molar-refractivity contribution is -0.129. The van der Waals surface area contributed by atoms with Crippen LogP contribution in [0.15, 0.2) is 11.6 Å². The summed E-state index contributed by atoms with van der Waals surface area (Å²) >= 11 is 1.67. The molecule has 7 heteroatoms. The van der Waals surface area contributed by atoms with Crippen LogP contribution in [-0.4, -0.2) is 60.8 Å². The Morgan fingerprint density at radius 1 is 1.70 bits per heavy atom. The number of carbonyl (C=O) groups excluding carboxylic acids is 1. The number of hydrogen-bond acceptors (Lipinski definition) is 6. The molecule has 1 spiro atoms. The van der Waals surface area contributed by atoms with Gasteiger partial charge in [-0.3, -0.25) is 9.69 Å². The number of nitrogens with zero attached hydrogens (tertiary/aromatic N) is 2. The maximum atomic E-state index is 11.7. The van der Waals surface area contributed by atoms with Gasteiger partial charge in [0.25, 0.3) is 0 Å². The maximum absolute atomic E-state index is 11.7. The lowest BCUT2D eigenvalue weighted by atomic mass is 9.97. The Bertz CT molecular complexity index is 467. The molecule has 1 N–H and O–H groups in total. The summed E-state index contributed by atoms with van der Waals surface area (Å²) in [5.74, 6) is -0.0671. The van der Waals surface area contributed by atoms with Crippen molar-refractivity contribution >= 4 is 17.2 Å². The fourth-order valence-electron chi connectivity index (χ4n) is 2.83. The number of rotatable bonds is 3. The molecule has 2 fully saturated rings. The van der Waals surface area contributed by atoms with Gasteiger partial charge in [0.15, 0.2) is 0 Å². The summed E-state index contributed by atoms with van der Waals surface area (Å²) in [6.07, 6.45) is 2.07. The van der Waals surface area contributed by atoms with Crippen molar-refractivity contribution < 1.29 is 14.3 Å². The van der Waals surface area contributed by atoms with Crippen LogP contribution in [0.3, 0.4) is 0 Å². The van der Waals surface area contributed by atoms with Crippen molar-refractivity contribution in [2.24, 2.45) is 0 Å². The largest absolute Gasteiger partial charge is 0.370 e. The van der Waals surface area contributed by atoms with Gasteiger partial charge in [-0.1, -0.05) is 0 Å². The molecule has 1 amide bonds. The number of hydrogen-bond donors (Lipinski definition) is 1. The third-order valence-corrected chi connectivity index (χ3v) is 4.58.